The first-order valence-corrected chi connectivity index (χ1v) is 9.18. The summed E-state index contributed by atoms with van der Waals surface area (Å²) in [7, 11) is 1.21. The molecule has 0 unspecified atom stereocenters. The minimum atomic E-state index is -1.21. The fraction of sp³-hybridized carbons (Fsp3) is 0.450. The van der Waals surface area contributed by atoms with E-state index in [1.807, 2.05) is 13.8 Å². The van der Waals surface area contributed by atoms with Gasteiger partial charge in [-0.15, -0.1) is 0 Å². The number of carbonyl (C=O) groups is 5. The molecule has 0 bridgehead atoms. The standard InChI is InChI=1S/C20H24N2O7/c1-11(2)9-15(20(27)28-4)21-16(23)10-29-19(26)12(3)22-17(24)13-7-5-6-8-14(13)18(22)25/h5-8,11-12,15H,9-10H2,1-4H3,(H,21,23)/t12-,15+/m0/s1. The molecule has 156 valence electrons. The van der Waals surface area contributed by atoms with E-state index >= 15 is 0 Å². The molecule has 0 spiro atoms. The fourth-order valence-electron chi connectivity index (χ4n) is 2.99. The maximum absolute atomic E-state index is 12.4. The molecule has 9 heteroatoms. The summed E-state index contributed by atoms with van der Waals surface area (Å²) in [6, 6.07) is 4.18. The Bertz CT molecular complexity index is 799. The molecule has 0 aliphatic carbocycles. The van der Waals surface area contributed by atoms with Gasteiger partial charge in [-0.2, -0.15) is 0 Å². The number of methoxy groups -OCH3 is 1. The van der Waals surface area contributed by atoms with Crippen molar-refractivity contribution < 1.29 is 33.4 Å². The molecule has 3 amide bonds. The summed E-state index contributed by atoms with van der Waals surface area (Å²) in [5.74, 6) is -3.27. The summed E-state index contributed by atoms with van der Waals surface area (Å²) in [5, 5.41) is 2.46. The number of fused-ring (bicyclic) bond motifs is 1. The molecule has 9 nitrogen and oxygen atoms in total. The average Bonchev–Trinajstić information content (AvgIpc) is 2.94. The van der Waals surface area contributed by atoms with Gasteiger partial charge in [-0.05, 0) is 31.4 Å². The van der Waals surface area contributed by atoms with Crippen LogP contribution in [-0.4, -0.2) is 60.4 Å². The highest BCUT2D eigenvalue weighted by atomic mass is 16.5. The van der Waals surface area contributed by atoms with Crippen molar-refractivity contribution in [3.63, 3.8) is 0 Å². The van der Waals surface area contributed by atoms with Gasteiger partial charge < -0.3 is 14.8 Å². The second kappa shape index (κ2) is 9.31. The van der Waals surface area contributed by atoms with Crippen molar-refractivity contribution in [3.05, 3.63) is 35.4 Å². The monoisotopic (exact) mass is 404 g/mol. The lowest BCUT2D eigenvalue weighted by Gasteiger charge is -2.21. The number of ether oxygens (including phenoxy) is 2. The van der Waals surface area contributed by atoms with Crippen LogP contribution in [0.15, 0.2) is 24.3 Å². The van der Waals surface area contributed by atoms with Gasteiger partial charge in [0.1, 0.15) is 12.1 Å². The van der Waals surface area contributed by atoms with Gasteiger partial charge in [-0.3, -0.25) is 19.3 Å². The van der Waals surface area contributed by atoms with E-state index in [2.05, 4.69) is 10.1 Å². The number of nitrogens with zero attached hydrogens (tertiary/aromatic N) is 1. The van der Waals surface area contributed by atoms with Crippen LogP contribution in [0.1, 0.15) is 47.9 Å². The zero-order valence-corrected chi connectivity index (χ0v) is 16.8. The quantitative estimate of drug-likeness (QED) is 0.505. The molecule has 0 saturated heterocycles. The van der Waals surface area contributed by atoms with Crippen molar-refractivity contribution >= 4 is 29.7 Å². The van der Waals surface area contributed by atoms with Crippen LogP contribution in [0.5, 0.6) is 0 Å². The maximum Gasteiger partial charge on any atom is 0.329 e. The second-order valence-corrected chi connectivity index (χ2v) is 7.08. The van der Waals surface area contributed by atoms with Crippen LogP contribution in [0.25, 0.3) is 0 Å². The largest absolute Gasteiger partial charge is 0.467 e. The van der Waals surface area contributed by atoms with Crippen molar-refractivity contribution in [3.8, 4) is 0 Å². The molecule has 0 fully saturated rings. The van der Waals surface area contributed by atoms with Crippen molar-refractivity contribution in [1.29, 1.82) is 0 Å². The molecule has 29 heavy (non-hydrogen) atoms. The van der Waals surface area contributed by atoms with Gasteiger partial charge in [0.15, 0.2) is 6.61 Å². The zero-order chi connectivity index (χ0) is 21.7. The summed E-state index contributed by atoms with van der Waals surface area (Å²) in [5.41, 5.74) is 0.425. The van der Waals surface area contributed by atoms with Gasteiger partial charge >= 0.3 is 11.9 Å². The van der Waals surface area contributed by atoms with Crippen molar-refractivity contribution in [2.24, 2.45) is 5.92 Å². The third-order valence-electron chi connectivity index (χ3n) is 4.43. The Labute approximate surface area is 168 Å². The van der Waals surface area contributed by atoms with E-state index in [0.29, 0.717) is 6.42 Å². The molecule has 1 aromatic rings. The molecular formula is C20H24N2O7. The second-order valence-electron chi connectivity index (χ2n) is 7.08. The summed E-state index contributed by atoms with van der Waals surface area (Å²) in [6.07, 6.45) is 0.359. The van der Waals surface area contributed by atoms with E-state index in [9.17, 15) is 24.0 Å². The number of hydrogen-bond donors (Lipinski definition) is 1. The Hall–Kier alpha value is -3.23. The first-order valence-electron chi connectivity index (χ1n) is 9.18. The highest BCUT2D eigenvalue weighted by Gasteiger charge is 2.41. The number of amides is 3. The smallest absolute Gasteiger partial charge is 0.329 e. The van der Waals surface area contributed by atoms with Crippen molar-refractivity contribution in [1.82, 2.24) is 10.2 Å². The molecule has 2 rings (SSSR count). The molecular weight excluding hydrogens is 380 g/mol. The third-order valence-corrected chi connectivity index (χ3v) is 4.43. The van der Waals surface area contributed by atoms with E-state index in [1.165, 1.54) is 26.2 Å². The minimum absolute atomic E-state index is 0.121. The first-order chi connectivity index (χ1) is 13.7. The number of nitrogens with one attached hydrogen (secondary N) is 1. The molecule has 1 aliphatic rings. The number of carbonyl (C=O) groups excluding carboxylic acids is 5. The summed E-state index contributed by atoms with van der Waals surface area (Å²) < 4.78 is 9.60. The Morgan fingerprint density at radius 2 is 1.55 bits per heavy atom. The van der Waals surface area contributed by atoms with Crippen LogP contribution in [0.4, 0.5) is 0 Å². The highest BCUT2D eigenvalue weighted by Crippen LogP contribution is 2.24. The molecule has 0 radical (unpaired) electrons. The Morgan fingerprint density at radius 3 is 2.03 bits per heavy atom. The Morgan fingerprint density at radius 1 is 1.00 bits per heavy atom. The summed E-state index contributed by atoms with van der Waals surface area (Å²) in [6.45, 7) is 4.45. The van der Waals surface area contributed by atoms with Crippen LogP contribution in [0, 0.1) is 5.92 Å². The van der Waals surface area contributed by atoms with E-state index in [4.69, 9.17) is 4.74 Å². The molecule has 1 N–H and O–H groups in total. The van der Waals surface area contributed by atoms with Crippen molar-refractivity contribution in [2.45, 2.75) is 39.3 Å². The summed E-state index contributed by atoms with van der Waals surface area (Å²) >= 11 is 0. The number of hydrogen-bond acceptors (Lipinski definition) is 7. The number of imide groups is 1. The van der Waals surface area contributed by atoms with E-state index < -0.39 is 48.4 Å². The van der Waals surface area contributed by atoms with Gasteiger partial charge in [0.25, 0.3) is 17.7 Å². The predicted octanol–water partition coefficient (Wildman–Crippen LogP) is 0.918. The number of rotatable bonds is 8. The topological polar surface area (TPSA) is 119 Å². The lowest BCUT2D eigenvalue weighted by Crippen LogP contribution is -2.46. The van der Waals surface area contributed by atoms with Gasteiger partial charge in [-0.25, -0.2) is 9.59 Å². The minimum Gasteiger partial charge on any atom is -0.467 e. The Balaban J connectivity index is 1.95. The average molecular weight is 404 g/mol. The van der Waals surface area contributed by atoms with E-state index in [1.54, 1.807) is 12.1 Å². The lowest BCUT2D eigenvalue weighted by molar-refractivity contribution is -0.153. The van der Waals surface area contributed by atoms with Crippen LogP contribution in [0.3, 0.4) is 0 Å². The van der Waals surface area contributed by atoms with Gasteiger partial charge in [0, 0.05) is 0 Å². The molecule has 1 aliphatic heterocycles. The number of esters is 2. The number of benzene rings is 1. The maximum atomic E-state index is 12.4. The third kappa shape index (κ3) is 4.98. The highest BCUT2D eigenvalue weighted by molar-refractivity contribution is 6.22. The van der Waals surface area contributed by atoms with Gasteiger partial charge in [0.2, 0.25) is 0 Å². The molecule has 1 aromatic carbocycles. The summed E-state index contributed by atoms with van der Waals surface area (Å²) in [4.78, 5) is 61.7. The fourth-order valence-corrected chi connectivity index (χ4v) is 2.99. The zero-order valence-electron chi connectivity index (χ0n) is 16.8. The van der Waals surface area contributed by atoms with Crippen LogP contribution in [-0.2, 0) is 23.9 Å². The lowest BCUT2D eigenvalue weighted by atomic mass is 10.0. The predicted molar refractivity (Wildman–Crippen MR) is 101 cm³/mol. The molecule has 0 aromatic heterocycles. The van der Waals surface area contributed by atoms with E-state index in [0.717, 1.165) is 4.90 Å². The van der Waals surface area contributed by atoms with E-state index in [-0.39, 0.29) is 17.0 Å². The van der Waals surface area contributed by atoms with Crippen LogP contribution in [0.2, 0.25) is 0 Å². The van der Waals surface area contributed by atoms with Crippen molar-refractivity contribution in [2.75, 3.05) is 13.7 Å². The molecule has 1 heterocycles. The molecule has 0 saturated carbocycles. The molecule has 2 atom stereocenters. The van der Waals surface area contributed by atoms with Crippen LogP contribution < -0.4 is 5.32 Å². The Kier molecular flexibility index (Phi) is 7.08. The van der Waals surface area contributed by atoms with Gasteiger partial charge in [-0.1, -0.05) is 26.0 Å². The van der Waals surface area contributed by atoms with Crippen LogP contribution >= 0.6 is 0 Å². The first kappa shape index (κ1) is 22.1. The normalized spacial score (nSPS) is 15.0. The van der Waals surface area contributed by atoms with Gasteiger partial charge in [0.05, 0.1) is 18.2 Å². The SMILES string of the molecule is COC(=O)[C@@H](CC(C)C)NC(=O)COC(=O)[C@H](C)N1C(=O)c2ccccc2C1=O.